The van der Waals surface area contributed by atoms with E-state index in [0.29, 0.717) is 11.6 Å². The third-order valence-corrected chi connectivity index (χ3v) is 4.71. The Labute approximate surface area is 163 Å². The van der Waals surface area contributed by atoms with Gasteiger partial charge in [0, 0.05) is 50.0 Å². The summed E-state index contributed by atoms with van der Waals surface area (Å²) in [6, 6.07) is 12.1. The average molecular weight is 378 g/mol. The van der Waals surface area contributed by atoms with E-state index < -0.39 is 0 Å². The number of aromatic hydroxyl groups is 1. The molecule has 1 aromatic carbocycles. The van der Waals surface area contributed by atoms with Gasteiger partial charge in [-0.05, 0) is 43.3 Å². The molecule has 1 aliphatic heterocycles. The van der Waals surface area contributed by atoms with Gasteiger partial charge in [0.1, 0.15) is 23.4 Å². The van der Waals surface area contributed by atoms with Crippen LogP contribution >= 0.6 is 0 Å². The van der Waals surface area contributed by atoms with E-state index in [2.05, 4.69) is 20.1 Å². The highest BCUT2D eigenvalue weighted by molar-refractivity contribution is 5.40. The number of ether oxygens (including phenoxy) is 2. The van der Waals surface area contributed by atoms with Gasteiger partial charge in [-0.1, -0.05) is 0 Å². The monoisotopic (exact) mass is 378 g/mol. The number of aryl methyl sites for hydroxylation is 1. The largest absolute Gasteiger partial charge is 0.508 e. The van der Waals surface area contributed by atoms with Crippen LogP contribution in [0.4, 0.5) is 5.82 Å². The summed E-state index contributed by atoms with van der Waals surface area (Å²) in [5.74, 6) is 2.95. The number of hydrogen-bond donors (Lipinski definition) is 1. The maximum Gasteiger partial charge on any atom is 0.238 e. The summed E-state index contributed by atoms with van der Waals surface area (Å²) in [7, 11) is 0. The Kier molecular flexibility index (Phi) is 5.23. The number of phenols is 1. The minimum absolute atomic E-state index is 0.195. The lowest BCUT2D eigenvalue weighted by atomic mass is 10.1. The third kappa shape index (κ3) is 4.31. The van der Waals surface area contributed by atoms with Crippen molar-refractivity contribution < 1.29 is 14.6 Å². The summed E-state index contributed by atoms with van der Waals surface area (Å²) in [6.45, 7) is 3.73. The SMILES string of the molecule is Cc1cnccc1OC1CCN(c2ccc(Oc3ccc(O)cc3)nn2)CC1. The Hall–Kier alpha value is -3.35. The average Bonchev–Trinajstić information content (AvgIpc) is 2.73. The van der Waals surface area contributed by atoms with Gasteiger partial charge < -0.3 is 19.5 Å². The van der Waals surface area contributed by atoms with E-state index in [-0.39, 0.29) is 11.9 Å². The van der Waals surface area contributed by atoms with Gasteiger partial charge in [0.2, 0.25) is 5.88 Å². The van der Waals surface area contributed by atoms with Gasteiger partial charge in [-0.3, -0.25) is 4.98 Å². The zero-order chi connectivity index (χ0) is 19.3. The number of pyridine rings is 1. The molecule has 1 aliphatic rings. The lowest BCUT2D eigenvalue weighted by molar-refractivity contribution is 0.169. The van der Waals surface area contributed by atoms with Crippen LogP contribution in [-0.4, -0.2) is 39.5 Å². The number of nitrogens with zero attached hydrogens (tertiary/aromatic N) is 4. The van der Waals surface area contributed by atoms with Crippen molar-refractivity contribution in [1.82, 2.24) is 15.2 Å². The van der Waals surface area contributed by atoms with E-state index >= 15 is 0 Å². The molecule has 1 fully saturated rings. The second-order valence-corrected chi connectivity index (χ2v) is 6.77. The molecule has 0 amide bonds. The van der Waals surface area contributed by atoms with Crippen LogP contribution in [0.15, 0.2) is 54.9 Å². The van der Waals surface area contributed by atoms with Gasteiger partial charge in [0.05, 0.1) is 0 Å². The first-order chi connectivity index (χ1) is 13.7. The van der Waals surface area contributed by atoms with Gasteiger partial charge >= 0.3 is 0 Å². The van der Waals surface area contributed by atoms with Crippen molar-refractivity contribution in [2.75, 3.05) is 18.0 Å². The highest BCUT2D eigenvalue weighted by atomic mass is 16.5. The minimum Gasteiger partial charge on any atom is -0.508 e. The lowest BCUT2D eigenvalue weighted by Gasteiger charge is -2.32. The topological polar surface area (TPSA) is 80.6 Å². The second-order valence-electron chi connectivity index (χ2n) is 6.77. The van der Waals surface area contributed by atoms with Crippen molar-refractivity contribution in [3.05, 3.63) is 60.4 Å². The van der Waals surface area contributed by atoms with E-state index in [1.165, 1.54) is 0 Å². The molecule has 3 heterocycles. The third-order valence-electron chi connectivity index (χ3n) is 4.71. The predicted octanol–water partition coefficient (Wildman–Crippen LogP) is 3.73. The number of rotatable bonds is 5. The van der Waals surface area contributed by atoms with E-state index in [1.807, 2.05) is 25.3 Å². The molecule has 144 valence electrons. The molecule has 0 bridgehead atoms. The molecule has 0 aliphatic carbocycles. The molecule has 0 saturated carbocycles. The summed E-state index contributed by atoms with van der Waals surface area (Å²) in [5.41, 5.74) is 1.06. The maximum absolute atomic E-state index is 9.32. The fourth-order valence-electron chi connectivity index (χ4n) is 3.15. The van der Waals surface area contributed by atoms with Crippen molar-refractivity contribution in [3.8, 4) is 23.1 Å². The van der Waals surface area contributed by atoms with Crippen LogP contribution < -0.4 is 14.4 Å². The highest BCUT2D eigenvalue weighted by Crippen LogP contribution is 2.25. The van der Waals surface area contributed by atoms with Gasteiger partial charge in [-0.25, -0.2) is 0 Å². The number of benzene rings is 1. The summed E-state index contributed by atoms with van der Waals surface area (Å²) in [5, 5.41) is 17.8. The molecule has 0 unspecified atom stereocenters. The summed E-state index contributed by atoms with van der Waals surface area (Å²) in [6.07, 6.45) is 5.63. The predicted molar refractivity (Wildman–Crippen MR) is 105 cm³/mol. The number of piperidine rings is 1. The summed E-state index contributed by atoms with van der Waals surface area (Å²) < 4.78 is 11.8. The van der Waals surface area contributed by atoms with Crippen molar-refractivity contribution in [2.24, 2.45) is 0 Å². The van der Waals surface area contributed by atoms with E-state index in [9.17, 15) is 5.11 Å². The van der Waals surface area contributed by atoms with Crippen LogP contribution in [0, 0.1) is 6.92 Å². The second kappa shape index (κ2) is 8.12. The van der Waals surface area contributed by atoms with Gasteiger partial charge in [0.25, 0.3) is 0 Å². The van der Waals surface area contributed by atoms with Crippen molar-refractivity contribution >= 4 is 5.82 Å². The molecule has 0 atom stereocenters. The van der Waals surface area contributed by atoms with Crippen molar-refractivity contribution in [2.45, 2.75) is 25.9 Å². The number of aromatic nitrogens is 3. The van der Waals surface area contributed by atoms with Crippen molar-refractivity contribution in [1.29, 1.82) is 0 Å². The first-order valence-electron chi connectivity index (χ1n) is 9.30. The molecule has 28 heavy (non-hydrogen) atoms. The molecule has 1 saturated heterocycles. The lowest BCUT2D eigenvalue weighted by Crippen LogP contribution is -2.38. The zero-order valence-corrected chi connectivity index (χ0v) is 15.7. The van der Waals surface area contributed by atoms with Crippen molar-refractivity contribution in [3.63, 3.8) is 0 Å². The molecule has 3 aromatic rings. The van der Waals surface area contributed by atoms with Crippen LogP contribution in [0.5, 0.6) is 23.1 Å². The quantitative estimate of drug-likeness (QED) is 0.724. The van der Waals surface area contributed by atoms with Crippen LogP contribution in [-0.2, 0) is 0 Å². The zero-order valence-electron chi connectivity index (χ0n) is 15.7. The van der Waals surface area contributed by atoms with Gasteiger partial charge in [0.15, 0.2) is 5.82 Å². The van der Waals surface area contributed by atoms with E-state index in [4.69, 9.17) is 9.47 Å². The molecule has 2 aromatic heterocycles. The maximum atomic E-state index is 9.32. The smallest absolute Gasteiger partial charge is 0.238 e. The molecule has 7 heteroatoms. The Morgan fingerprint density at radius 1 is 1.00 bits per heavy atom. The number of anilines is 1. The highest BCUT2D eigenvalue weighted by Gasteiger charge is 2.22. The van der Waals surface area contributed by atoms with Crippen LogP contribution in [0.3, 0.4) is 0 Å². The molecule has 0 radical (unpaired) electrons. The first kappa shape index (κ1) is 18.0. The van der Waals surface area contributed by atoms with Crippen LogP contribution in [0.2, 0.25) is 0 Å². The fourth-order valence-corrected chi connectivity index (χ4v) is 3.15. The van der Waals surface area contributed by atoms with Gasteiger partial charge in [-0.15, -0.1) is 10.2 Å². The number of phenolic OH excluding ortho intramolecular Hbond substituents is 1. The van der Waals surface area contributed by atoms with E-state index in [0.717, 1.165) is 43.1 Å². The molecule has 1 N–H and O–H groups in total. The normalized spacial score (nSPS) is 14.7. The fraction of sp³-hybridized carbons (Fsp3) is 0.286. The molecule has 0 spiro atoms. The van der Waals surface area contributed by atoms with Crippen LogP contribution in [0.25, 0.3) is 0 Å². The standard InChI is InChI=1S/C21H22N4O3/c1-15-14-22-11-8-19(15)27-18-9-12-25(13-10-18)20-6-7-21(24-23-20)28-17-4-2-16(26)3-5-17/h2-8,11,14,18,26H,9-10,12-13H2,1H3. The molecular weight excluding hydrogens is 356 g/mol. The van der Waals surface area contributed by atoms with E-state index in [1.54, 1.807) is 36.5 Å². The summed E-state index contributed by atoms with van der Waals surface area (Å²) in [4.78, 5) is 6.31. The summed E-state index contributed by atoms with van der Waals surface area (Å²) >= 11 is 0. The Morgan fingerprint density at radius 2 is 1.79 bits per heavy atom. The first-order valence-corrected chi connectivity index (χ1v) is 9.30. The van der Waals surface area contributed by atoms with Gasteiger partial charge in [-0.2, -0.15) is 0 Å². The Balaban J connectivity index is 1.32. The van der Waals surface area contributed by atoms with Crippen LogP contribution in [0.1, 0.15) is 18.4 Å². The molecule has 4 rings (SSSR count). The molecular formula is C21H22N4O3. The Morgan fingerprint density at radius 3 is 2.46 bits per heavy atom. The Bertz CT molecular complexity index is 908. The molecule has 7 nitrogen and oxygen atoms in total. The minimum atomic E-state index is 0.195. The number of hydrogen-bond acceptors (Lipinski definition) is 7.